The van der Waals surface area contributed by atoms with E-state index in [0.29, 0.717) is 6.42 Å². The van der Waals surface area contributed by atoms with Gasteiger partial charge in [-0.05, 0) is 62.2 Å². The molecule has 5 aliphatic rings. The highest BCUT2D eigenvalue weighted by Crippen LogP contribution is 2.70. The molecule has 4 unspecified atom stereocenters. The number of ether oxygens (including phenoxy) is 2. The van der Waals surface area contributed by atoms with Crippen LogP contribution >= 0.6 is 0 Å². The molecule has 5 fully saturated rings. The maximum absolute atomic E-state index is 16.1. The Hall–Kier alpha value is -0.760. The van der Waals surface area contributed by atoms with Crippen LogP contribution in [-0.2, 0) is 9.47 Å². The van der Waals surface area contributed by atoms with Gasteiger partial charge >= 0.3 is 12.1 Å². The third-order valence-electron chi connectivity index (χ3n) is 7.24. The SMILES string of the molecule is C=CC1C2CC3CC1CC(C(F)(OC1CCCO1)C(F)(F)C(F)(F)F)(C3)C2. The molecule has 8 heteroatoms. The van der Waals surface area contributed by atoms with Crippen LogP contribution in [-0.4, -0.2) is 30.9 Å². The molecule has 0 N–H and O–H groups in total. The molecule has 4 atom stereocenters. The summed E-state index contributed by atoms with van der Waals surface area (Å²) in [4.78, 5) is 0. The number of hydrogen-bond acceptors (Lipinski definition) is 2. The lowest BCUT2D eigenvalue weighted by Gasteiger charge is -2.63. The molecule has 27 heavy (non-hydrogen) atoms. The van der Waals surface area contributed by atoms with Gasteiger partial charge in [0.05, 0.1) is 0 Å². The van der Waals surface area contributed by atoms with Gasteiger partial charge in [-0.2, -0.15) is 22.0 Å². The molecular weight excluding hydrogens is 374 g/mol. The fourth-order valence-corrected chi connectivity index (χ4v) is 6.38. The summed E-state index contributed by atoms with van der Waals surface area (Å²) < 4.78 is 95.3. The summed E-state index contributed by atoms with van der Waals surface area (Å²) in [5.74, 6) is -10.00. The zero-order valence-corrected chi connectivity index (χ0v) is 14.9. The fraction of sp³-hybridized carbons (Fsp3) is 0.895. The normalized spacial score (nSPS) is 43.7. The molecule has 0 amide bonds. The average Bonchev–Trinajstić information content (AvgIpc) is 3.05. The monoisotopic (exact) mass is 398 g/mol. The standard InChI is InChI=1S/C19H24F6O2/c1-2-14-12-6-11-7-13(14)10-16(8-11,9-12)18(22,17(20,21)19(23,24)25)27-15-4-3-5-26-15/h2,11-15H,1,3-10H2. The van der Waals surface area contributed by atoms with Crippen molar-refractivity contribution < 1.29 is 35.8 Å². The van der Waals surface area contributed by atoms with Crippen LogP contribution in [0, 0.1) is 29.1 Å². The van der Waals surface area contributed by atoms with Crippen molar-refractivity contribution in [2.75, 3.05) is 6.61 Å². The molecule has 0 aromatic rings. The molecule has 4 aliphatic carbocycles. The van der Waals surface area contributed by atoms with Gasteiger partial charge < -0.3 is 9.47 Å². The zero-order chi connectivity index (χ0) is 19.7. The fourth-order valence-electron chi connectivity index (χ4n) is 6.38. The van der Waals surface area contributed by atoms with Crippen LogP contribution in [0.2, 0.25) is 0 Å². The van der Waals surface area contributed by atoms with E-state index < -0.39 is 29.7 Å². The molecule has 0 aromatic heterocycles. The van der Waals surface area contributed by atoms with Crippen LogP contribution in [0.1, 0.15) is 44.9 Å². The van der Waals surface area contributed by atoms with Crippen molar-refractivity contribution in [1.29, 1.82) is 0 Å². The molecule has 1 heterocycles. The Morgan fingerprint density at radius 1 is 1.00 bits per heavy atom. The van der Waals surface area contributed by atoms with E-state index in [4.69, 9.17) is 9.47 Å². The van der Waals surface area contributed by atoms with Crippen molar-refractivity contribution in [2.24, 2.45) is 29.1 Å². The van der Waals surface area contributed by atoms with Crippen molar-refractivity contribution in [2.45, 2.75) is 69.2 Å². The van der Waals surface area contributed by atoms with Crippen LogP contribution in [0.25, 0.3) is 0 Å². The summed E-state index contributed by atoms with van der Waals surface area (Å²) >= 11 is 0. The first-order valence-corrected chi connectivity index (χ1v) is 9.58. The topological polar surface area (TPSA) is 18.5 Å². The lowest BCUT2D eigenvalue weighted by Crippen LogP contribution is -2.69. The van der Waals surface area contributed by atoms with E-state index in [0.717, 1.165) is 12.8 Å². The Morgan fingerprint density at radius 3 is 2.11 bits per heavy atom. The highest BCUT2D eigenvalue weighted by atomic mass is 19.4. The van der Waals surface area contributed by atoms with Gasteiger partial charge in [-0.1, -0.05) is 6.08 Å². The Bertz CT molecular complexity index is 583. The molecule has 154 valence electrons. The zero-order valence-electron chi connectivity index (χ0n) is 14.9. The number of hydrogen-bond donors (Lipinski definition) is 0. The van der Waals surface area contributed by atoms with E-state index in [1.165, 1.54) is 0 Å². The number of allylic oxidation sites excluding steroid dienone is 1. The van der Waals surface area contributed by atoms with Gasteiger partial charge in [0.25, 0.3) is 5.85 Å². The van der Waals surface area contributed by atoms with Crippen molar-refractivity contribution in [3.8, 4) is 0 Å². The van der Waals surface area contributed by atoms with Gasteiger partial charge in [0, 0.05) is 18.4 Å². The first-order chi connectivity index (χ1) is 12.5. The lowest BCUT2D eigenvalue weighted by molar-refractivity contribution is -0.444. The Morgan fingerprint density at radius 2 is 1.63 bits per heavy atom. The third kappa shape index (κ3) is 2.69. The highest BCUT2D eigenvalue weighted by Gasteiger charge is 2.81. The summed E-state index contributed by atoms with van der Waals surface area (Å²) in [6.45, 7) is 3.95. The maximum atomic E-state index is 16.1. The first-order valence-electron chi connectivity index (χ1n) is 9.58. The van der Waals surface area contributed by atoms with E-state index in [2.05, 4.69) is 6.58 Å². The van der Waals surface area contributed by atoms with Crippen molar-refractivity contribution in [3.63, 3.8) is 0 Å². The molecule has 0 spiro atoms. The van der Waals surface area contributed by atoms with E-state index in [-0.39, 0.29) is 56.0 Å². The predicted molar refractivity (Wildman–Crippen MR) is 84.6 cm³/mol. The summed E-state index contributed by atoms with van der Waals surface area (Å²) in [5.41, 5.74) is -1.85. The van der Waals surface area contributed by atoms with E-state index in [9.17, 15) is 22.0 Å². The number of halogens is 6. The van der Waals surface area contributed by atoms with Gasteiger partial charge in [0.15, 0.2) is 6.29 Å². The van der Waals surface area contributed by atoms with Gasteiger partial charge in [-0.3, -0.25) is 0 Å². The molecule has 5 rings (SSSR count). The summed E-state index contributed by atoms with van der Waals surface area (Å²) in [5, 5.41) is 0. The minimum Gasteiger partial charge on any atom is -0.353 e. The molecule has 0 radical (unpaired) electrons. The van der Waals surface area contributed by atoms with Crippen LogP contribution in [0.4, 0.5) is 26.3 Å². The van der Waals surface area contributed by atoms with Gasteiger partial charge in [-0.25, -0.2) is 4.39 Å². The summed E-state index contributed by atoms with van der Waals surface area (Å²) in [7, 11) is 0. The molecule has 2 nitrogen and oxygen atoms in total. The Balaban J connectivity index is 1.76. The van der Waals surface area contributed by atoms with Gasteiger partial charge in [0.2, 0.25) is 0 Å². The van der Waals surface area contributed by atoms with Crippen LogP contribution < -0.4 is 0 Å². The van der Waals surface area contributed by atoms with E-state index in [1.54, 1.807) is 6.08 Å². The van der Waals surface area contributed by atoms with Crippen LogP contribution in [0.5, 0.6) is 0 Å². The average molecular weight is 398 g/mol. The third-order valence-corrected chi connectivity index (χ3v) is 7.24. The van der Waals surface area contributed by atoms with Crippen molar-refractivity contribution >= 4 is 0 Å². The summed E-state index contributed by atoms with van der Waals surface area (Å²) in [6.07, 6.45) is -3.73. The molecular formula is C19H24F6O2. The van der Waals surface area contributed by atoms with Crippen LogP contribution in [0.3, 0.4) is 0 Å². The van der Waals surface area contributed by atoms with Crippen LogP contribution in [0.15, 0.2) is 12.7 Å². The minimum absolute atomic E-state index is 0.00124. The second-order valence-electron chi connectivity index (χ2n) is 8.79. The first kappa shape index (κ1) is 19.6. The predicted octanol–water partition coefficient (Wildman–Crippen LogP) is 5.63. The molecule has 0 aromatic carbocycles. The Labute approximate surface area is 154 Å². The van der Waals surface area contributed by atoms with E-state index in [1.807, 2.05) is 0 Å². The van der Waals surface area contributed by atoms with Crippen molar-refractivity contribution in [1.82, 2.24) is 0 Å². The minimum atomic E-state index is -6.04. The van der Waals surface area contributed by atoms with Gasteiger partial charge in [-0.15, -0.1) is 6.58 Å². The highest BCUT2D eigenvalue weighted by molar-refractivity contribution is 5.16. The second-order valence-corrected chi connectivity index (χ2v) is 8.79. The van der Waals surface area contributed by atoms with Gasteiger partial charge in [0.1, 0.15) is 0 Å². The molecule has 1 saturated heterocycles. The molecule has 4 saturated carbocycles. The molecule has 1 aliphatic heterocycles. The smallest absolute Gasteiger partial charge is 0.353 e. The maximum Gasteiger partial charge on any atom is 0.459 e. The number of rotatable bonds is 5. The largest absolute Gasteiger partial charge is 0.459 e. The number of alkyl halides is 6. The Kier molecular flexibility index (Phi) is 4.43. The van der Waals surface area contributed by atoms with Crippen molar-refractivity contribution in [3.05, 3.63) is 12.7 Å². The quantitative estimate of drug-likeness (QED) is 0.441. The second kappa shape index (κ2) is 6.12. The summed E-state index contributed by atoms with van der Waals surface area (Å²) in [6, 6.07) is 0. The lowest BCUT2D eigenvalue weighted by atomic mass is 9.44. The molecule has 4 bridgehead atoms. The van der Waals surface area contributed by atoms with E-state index >= 15 is 4.39 Å².